The molecule has 0 saturated carbocycles. The Morgan fingerprint density at radius 1 is 1.07 bits per heavy atom. The van der Waals surface area contributed by atoms with Gasteiger partial charge in [-0.3, -0.25) is 4.79 Å². The van der Waals surface area contributed by atoms with Crippen molar-refractivity contribution in [3.05, 3.63) is 64.0 Å². The largest absolute Gasteiger partial charge is 0.302 e. The summed E-state index contributed by atoms with van der Waals surface area (Å²) in [5.74, 6) is -0.669. The highest BCUT2D eigenvalue weighted by Gasteiger charge is 2.18. The molecule has 0 unspecified atom stereocenters. The Balaban J connectivity index is 1.64. The predicted molar refractivity (Wildman–Crippen MR) is 114 cm³/mol. The number of benzene rings is 2. The number of carbonyl (C=O) groups is 1. The fourth-order valence-corrected chi connectivity index (χ4v) is 4.82. The summed E-state index contributed by atoms with van der Waals surface area (Å²) in [7, 11) is -3.55. The van der Waals surface area contributed by atoms with E-state index >= 15 is 0 Å². The highest BCUT2D eigenvalue weighted by molar-refractivity contribution is 7.91. The molecule has 0 aliphatic heterocycles. The van der Waals surface area contributed by atoms with Crippen molar-refractivity contribution in [1.82, 2.24) is 4.98 Å². The zero-order valence-electron chi connectivity index (χ0n) is 15.4. The molecule has 0 saturated heterocycles. The molecule has 1 aromatic heterocycles. The van der Waals surface area contributed by atoms with Gasteiger partial charge in [0.2, 0.25) is 5.91 Å². The lowest BCUT2D eigenvalue weighted by Crippen LogP contribution is -2.17. The number of rotatable bonds is 6. The first-order chi connectivity index (χ1) is 13.2. The molecule has 5 nitrogen and oxygen atoms in total. The number of anilines is 1. The molecule has 3 aromatic rings. The number of nitrogens with one attached hydrogen (secondary N) is 1. The average Bonchev–Trinajstić information content (AvgIpc) is 3.01. The van der Waals surface area contributed by atoms with Crippen molar-refractivity contribution in [3.63, 3.8) is 0 Å². The van der Waals surface area contributed by atoms with E-state index < -0.39 is 9.84 Å². The van der Waals surface area contributed by atoms with Gasteiger partial charge in [-0.1, -0.05) is 41.4 Å². The minimum Gasteiger partial charge on any atom is -0.302 e. The summed E-state index contributed by atoms with van der Waals surface area (Å²) in [6.07, 6.45) is -0.149. The van der Waals surface area contributed by atoms with Crippen LogP contribution in [-0.2, 0) is 14.6 Å². The first kappa shape index (κ1) is 20.5. The maximum absolute atomic E-state index is 12.3. The summed E-state index contributed by atoms with van der Waals surface area (Å²) in [6, 6.07) is 13.9. The number of aromatic nitrogens is 1. The molecular weight excluding hydrogens is 416 g/mol. The summed E-state index contributed by atoms with van der Waals surface area (Å²) >= 11 is 7.15. The molecule has 1 amide bonds. The molecule has 3 rings (SSSR count). The SMILES string of the molecule is Cc1ccc(-c2nc(NC(=O)CCS(=O)(=O)c3ccc(Cl)cc3)sc2C)cc1. The maximum Gasteiger partial charge on any atom is 0.227 e. The topological polar surface area (TPSA) is 76.1 Å². The molecule has 2 aromatic carbocycles. The van der Waals surface area contributed by atoms with E-state index in [1.54, 1.807) is 0 Å². The van der Waals surface area contributed by atoms with Gasteiger partial charge in [-0.15, -0.1) is 11.3 Å². The summed E-state index contributed by atoms with van der Waals surface area (Å²) < 4.78 is 24.7. The smallest absolute Gasteiger partial charge is 0.227 e. The van der Waals surface area contributed by atoms with Gasteiger partial charge in [0.1, 0.15) is 0 Å². The van der Waals surface area contributed by atoms with E-state index in [0.29, 0.717) is 10.2 Å². The van der Waals surface area contributed by atoms with Crippen molar-refractivity contribution in [3.8, 4) is 11.3 Å². The van der Waals surface area contributed by atoms with E-state index in [0.717, 1.165) is 21.7 Å². The number of amides is 1. The molecule has 0 atom stereocenters. The zero-order chi connectivity index (χ0) is 20.3. The number of hydrogen-bond donors (Lipinski definition) is 1. The van der Waals surface area contributed by atoms with Crippen molar-refractivity contribution >= 4 is 43.8 Å². The normalized spacial score (nSPS) is 11.4. The Hall–Kier alpha value is -2.22. The van der Waals surface area contributed by atoms with Crippen LogP contribution in [-0.4, -0.2) is 25.1 Å². The second-order valence-corrected chi connectivity index (χ2v) is 10.1. The predicted octanol–water partition coefficient (Wildman–Crippen LogP) is 4.88. The molecule has 146 valence electrons. The summed E-state index contributed by atoms with van der Waals surface area (Å²) in [5.41, 5.74) is 2.95. The van der Waals surface area contributed by atoms with Gasteiger partial charge < -0.3 is 5.32 Å². The van der Waals surface area contributed by atoms with Crippen LogP contribution in [0.3, 0.4) is 0 Å². The van der Waals surface area contributed by atoms with Crippen LogP contribution in [0.4, 0.5) is 5.13 Å². The van der Waals surface area contributed by atoms with Crippen LogP contribution in [0.25, 0.3) is 11.3 Å². The lowest BCUT2D eigenvalue weighted by Gasteiger charge is -2.05. The number of hydrogen-bond acceptors (Lipinski definition) is 5. The number of aryl methyl sites for hydroxylation is 2. The number of nitrogens with zero attached hydrogens (tertiary/aromatic N) is 1. The summed E-state index contributed by atoms with van der Waals surface area (Å²) in [4.78, 5) is 17.8. The second-order valence-electron chi connectivity index (χ2n) is 6.36. The Morgan fingerprint density at radius 3 is 2.36 bits per heavy atom. The number of carbonyl (C=O) groups excluding carboxylic acids is 1. The molecule has 0 aliphatic carbocycles. The quantitative estimate of drug-likeness (QED) is 0.599. The van der Waals surface area contributed by atoms with Crippen molar-refractivity contribution in [1.29, 1.82) is 0 Å². The van der Waals surface area contributed by atoms with Gasteiger partial charge in [0.15, 0.2) is 15.0 Å². The highest BCUT2D eigenvalue weighted by atomic mass is 35.5. The molecule has 1 heterocycles. The summed E-state index contributed by atoms with van der Waals surface area (Å²) in [6.45, 7) is 3.95. The lowest BCUT2D eigenvalue weighted by molar-refractivity contribution is -0.115. The minimum absolute atomic E-state index is 0.149. The van der Waals surface area contributed by atoms with E-state index in [1.165, 1.54) is 35.6 Å². The van der Waals surface area contributed by atoms with Gasteiger partial charge in [0.25, 0.3) is 0 Å². The monoisotopic (exact) mass is 434 g/mol. The highest BCUT2D eigenvalue weighted by Crippen LogP contribution is 2.30. The third kappa shape index (κ3) is 4.98. The van der Waals surface area contributed by atoms with Gasteiger partial charge in [-0.25, -0.2) is 13.4 Å². The van der Waals surface area contributed by atoms with Crippen LogP contribution in [0.15, 0.2) is 53.4 Å². The van der Waals surface area contributed by atoms with Gasteiger partial charge in [0, 0.05) is 21.9 Å². The molecule has 0 aliphatic rings. The third-order valence-electron chi connectivity index (χ3n) is 4.14. The van der Waals surface area contributed by atoms with Crippen LogP contribution >= 0.6 is 22.9 Å². The Morgan fingerprint density at radius 2 is 1.71 bits per heavy atom. The maximum atomic E-state index is 12.3. The van der Waals surface area contributed by atoms with E-state index in [2.05, 4.69) is 10.3 Å². The fourth-order valence-electron chi connectivity index (χ4n) is 2.60. The molecule has 0 bridgehead atoms. The van der Waals surface area contributed by atoms with E-state index in [-0.39, 0.29) is 23.0 Å². The standard InChI is InChI=1S/C20H19ClN2O3S2/c1-13-3-5-15(6-4-13)19-14(2)27-20(23-19)22-18(24)11-12-28(25,26)17-9-7-16(21)8-10-17/h3-10H,11-12H2,1-2H3,(H,22,23,24). The third-order valence-corrected chi connectivity index (χ3v) is 7.01. The molecular formula is C20H19ClN2O3S2. The van der Waals surface area contributed by atoms with Crippen molar-refractivity contribution < 1.29 is 13.2 Å². The van der Waals surface area contributed by atoms with E-state index in [1.807, 2.05) is 38.1 Å². The van der Waals surface area contributed by atoms with E-state index in [9.17, 15) is 13.2 Å². The molecule has 1 N–H and O–H groups in total. The minimum atomic E-state index is -3.55. The van der Waals surface area contributed by atoms with Gasteiger partial charge in [-0.05, 0) is 38.1 Å². The zero-order valence-corrected chi connectivity index (χ0v) is 17.8. The molecule has 0 radical (unpaired) electrons. The molecule has 0 spiro atoms. The Kier molecular flexibility index (Phi) is 6.17. The van der Waals surface area contributed by atoms with Crippen molar-refractivity contribution in [2.45, 2.75) is 25.2 Å². The molecule has 8 heteroatoms. The number of halogens is 1. The first-order valence-corrected chi connectivity index (χ1v) is 11.4. The van der Waals surface area contributed by atoms with Crippen LogP contribution in [0.1, 0.15) is 16.9 Å². The van der Waals surface area contributed by atoms with Crippen LogP contribution in [0.2, 0.25) is 5.02 Å². The Bertz CT molecular complexity index is 1090. The van der Waals surface area contributed by atoms with Crippen molar-refractivity contribution in [2.75, 3.05) is 11.1 Å². The second kappa shape index (κ2) is 8.43. The number of thiazole rings is 1. The fraction of sp³-hybridized carbons (Fsp3) is 0.200. The Labute approximate surface area is 173 Å². The first-order valence-electron chi connectivity index (χ1n) is 8.57. The lowest BCUT2D eigenvalue weighted by atomic mass is 10.1. The molecule has 0 fully saturated rings. The number of sulfone groups is 1. The van der Waals surface area contributed by atoms with Gasteiger partial charge in [-0.2, -0.15) is 0 Å². The molecule has 28 heavy (non-hydrogen) atoms. The summed E-state index contributed by atoms with van der Waals surface area (Å²) in [5, 5.41) is 3.62. The van der Waals surface area contributed by atoms with Crippen LogP contribution in [0, 0.1) is 13.8 Å². The van der Waals surface area contributed by atoms with Gasteiger partial charge in [0.05, 0.1) is 16.3 Å². The van der Waals surface area contributed by atoms with Crippen molar-refractivity contribution in [2.24, 2.45) is 0 Å². The van der Waals surface area contributed by atoms with Gasteiger partial charge >= 0.3 is 0 Å². The average molecular weight is 435 g/mol. The van der Waals surface area contributed by atoms with E-state index in [4.69, 9.17) is 11.6 Å². The van der Waals surface area contributed by atoms with Crippen LogP contribution in [0.5, 0.6) is 0 Å². The van der Waals surface area contributed by atoms with Crippen LogP contribution < -0.4 is 5.32 Å².